The van der Waals surface area contributed by atoms with E-state index in [2.05, 4.69) is 9.88 Å². The van der Waals surface area contributed by atoms with Crippen molar-refractivity contribution in [1.29, 1.82) is 0 Å². The zero-order valence-electron chi connectivity index (χ0n) is 19.1. The highest BCUT2D eigenvalue weighted by atomic mass is 35.5. The van der Waals surface area contributed by atoms with Crippen molar-refractivity contribution in [3.63, 3.8) is 0 Å². The van der Waals surface area contributed by atoms with Gasteiger partial charge in [-0.1, -0.05) is 73.5 Å². The summed E-state index contributed by atoms with van der Waals surface area (Å²) < 4.78 is 0. The molecule has 1 aromatic heterocycles. The van der Waals surface area contributed by atoms with Crippen LogP contribution in [0.3, 0.4) is 0 Å². The van der Waals surface area contributed by atoms with Crippen LogP contribution in [-0.4, -0.2) is 41.5 Å². The number of nitrogens with one attached hydrogen (secondary N) is 1. The first kappa shape index (κ1) is 23.3. The van der Waals surface area contributed by atoms with Crippen LogP contribution in [0.5, 0.6) is 0 Å². The number of nitrogens with zero attached hydrogens (tertiary/aromatic N) is 2. The maximum absolute atomic E-state index is 13.9. The number of benzene rings is 2. The molecule has 0 unspecified atom stereocenters. The van der Waals surface area contributed by atoms with E-state index in [1.165, 1.54) is 38.2 Å². The minimum atomic E-state index is -0.250. The smallest absolute Gasteiger partial charge is 0.255 e. The first-order chi connectivity index (χ1) is 16.5. The number of carbonyl (C=O) groups is 1. The molecular formula is C27H29Cl2N3O2. The molecule has 1 aliphatic carbocycles. The molecule has 1 N–H and O–H groups in total. The summed E-state index contributed by atoms with van der Waals surface area (Å²) in [5, 5.41) is 1.87. The van der Waals surface area contributed by atoms with E-state index in [-0.39, 0.29) is 17.5 Å². The van der Waals surface area contributed by atoms with Crippen LogP contribution in [0.2, 0.25) is 10.0 Å². The SMILES string of the molecule is O=C(c1cc(=O)[nH]c2ccccc12)N1CCN(c2ccc(Cl)c(Cl)c2)C[C@@H]1CC1CCCCC1. The summed E-state index contributed by atoms with van der Waals surface area (Å²) in [5.74, 6) is 0.565. The van der Waals surface area contributed by atoms with E-state index in [1.54, 1.807) is 0 Å². The van der Waals surface area contributed by atoms with Gasteiger partial charge in [-0.3, -0.25) is 9.59 Å². The number of aromatic amines is 1. The normalized spacial score (nSPS) is 19.5. The molecule has 5 rings (SSSR count). The van der Waals surface area contributed by atoms with Gasteiger partial charge in [0.2, 0.25) is 5.56 Å². The Hall–Kier alpha value is -2.50. The summed E-state index contributed by atoms with van der Waals surface area (Å²) in [4.78, 5) is 33.4. The van der Waals surface area contributed by atoms with Crippen molar-refractivity contribution < 1.29 is 4.79 Å². The highest BCUT2D eigenvalue weighted by molar-refractivity contribution is 6.42. The summed E-state index contributed by atoms with van der Waals surface area (Å²) in [6, 6.07) is 14.8. The molecule has 0 bridgehead atoms. The van der Waals surface area contributed by atoms with Crippen LogP contribution in [0.1, 0.15) is 48.9 Å². The van der Waals surface area contributed by atoms with Gasteiger partial charge in [0, 0.05) is 48.3 Å². The summed E-state index contributed by atoms with van der Waals surface area (Å²) in [6.45, 7) is 2.03. The second kappa shape index (κ2) is 10.0. The van der Waals surface area contributed by atoms with Gasteiger partial charge >= 0.3 is 0 Å². The van der Waals surface area contributed by atoms with E-state index in [9.17, 15) is 9.59 Å². The van der Waals surface area contributed by atoms with Gasteiger partial charge in [-0.05, 0) is 36.6 Å². The van der Waals surface area contributed by atoms with Gasteiger partial charge in [0.25, 0.3) is 5.91 Å². The van der Waals surface area contributed by atoms with Crippen LogP contribution >= 0.6 is 23.2 Å². The van der Waals surface area contributed by atoms with Crippen molar-refractivity contribution in [2.24, 2.45) is 5.92 Å². The number of halogens is 2. The number of fused-ring (bicyclic) bond motifs is 1. The largest absolute Gasteiger partial charge is 0.368 e. The number of H-pyrrole nitrogens is 1. The Balaban J connectivity index is 1.46. The van der Waals surface area contributed by atoms with Crippen molar-refractivity contribution in [3.05, 3.63) is 74.5 Å². The minimum absolute atomic E-state index is 0.0584. The molecule has 1 amide bonds. The van der Waals surface area contributed by atoms with Crippen LogP contribution < -0.4 is 10.5 Å². The van der Waals surface area contributed by atoms with E-state index >= 15 is 0 Å². The lowest BCUT2D eigenvalue weighted by molar-refractivity contribution is 0.0618. The lowest BCUT2D eigenvalue weighted by Crippen LogP contribution is -2.56. The van der Waals surface area contributed by atoms with Crippen molar-refractivity contribution >= 4 is 45.7 Å². The maximum Gasteiger partial charge on any atom is 0.255 e. The Kier molecular flexibility index (Phi) is 6.84. The van der Waals surface area contributed by atoms with Crippen molar-refractivity contribution in [2.75, 3.05) is 24.5 Å². The Bertz CT molecular complexity index is 1250. The topological polar surface area (TPSA) is 56.4 Å². The van der Waals surface area contributed by atoms with E-state index in [0.717, 1.165) is 24.0 Å². The fourth-order valence-electron chi connectivity index (χ4n) is 5.58. The first-order valence-electron chi connectivity index (χ1n) is 12.1. The third-order valence-electron chi connectivity index (χ3n) is 7.32. The Labute approximate surface area is 209 Å². The molecule has 0 spiro atoms. The van der Waals surface area contributed by atoms with Crippen LogP contribution in [0.25, 0.3) is 10.9 Å². The molecule has 1 saturated heterocycles. The Morgan fingerprint density at radius 2 is 1.76 bits per heavy atom. The number of hydrogen-bond donors (Lipinski definition) is 1. The molecule has 34 heavy (non-hydrogen) atoms. The number of carbonyl (C=O) groups excluding carboxylic acids is 1. The molecule has 1 aliphatic heterocycles. The number of rotatable bonds is 4. The highest BCUT2D eigenvalue weighted by Crippen LogP contribution is 2.33. The summed E-state index contributed by atoms with van der Waals surface area (Å²) in [5.41, 5.74) is 1.95. The third kappa shape index (κ3) is 4.82. The number of amides is 1. The number of anilines is 1. The Morgan fingerprint density at radius 3 is 2.56 bits per heavy atom. The van der Waals surface area contributed by atoms with E-state index < -0.39 is 0 Å². The number of pyridine rings is 1. The average molecular weight is 498 g/mol. The van der Waals surface area contributed by atoms with E-state index in [0.29, 0.717) is 40.1 Å². The fourth-order valence-corrected chi connectivity index (χ4v) is 5.88. The van der Waals surface area contributed by atoms with Gasteiger partial charge in [0.05, 0.1) is 15.6 Å². The van der Waals surface area contributed by atoms with Gasteiger partial charge in [-0.25, -0.2) is 0 Å². The van der Waals surface area contributed by atoms with Crippen LogP contribution in [-0.2, 0) is 0 Å². The summed E-state index contributed by atoms with van der Waals surface area (Å²) >= 11 is 12.4. The van der Waals surface area contributed by atoms with E-state index in [4.69, 9.17) is 23.2 Å². The van der Waals surface area contributed by atoms with Crippen molar-refractivity contribution in [2.45, 2.75) is 44.6 Å². The fraction of sp³-hybridized carbons (Fsp3) is 0.407. The molecule has 1 atom stereocenters. The highest BCUT2D eigenvalue weighted by Gasteiger charge is 2.34. The molecule has 3 aromatic rings. The molecule has 2 fully saturated rings. The number of aromatic nitrogens is 1. The van der Waals surface area contributed by atoms with Gasteiger partial charge in [-0.2, -0.15) is 0 Å². The second-order valence-electron chi connectivity index (χ2n) is 9.53. The third-order valence-corrected chi connectivity index (χ3v) is 8.06. The zero-order valence-corrected chi connectivity index (χ0v) is 20.6. The predicted molar refractivity (Wildman–Crippen MR) is 139 cm³/mol. The van der Waals surface area contributed by atoms with Crippen LogP contribution in [0.4, 0.5) is 5.69 Å². The average Bonchev–Trinajstić information content (AvgIpc) is 2.85. The lowest BCUT2D eigenvalue weighted by Gasteiger charge is -2.44. The first-order valence-corrected chi connectivity index (χ1v) is 12.9. The summed E-state index contributed by atoms with van der Waals surface area (Å²) in [7, 11) is 0. The molecule has 2 aliphatic rings. The van der Waals surface area contributed by atoms with Gasteiger partial charge in [-0.15, -0.1) is 0 Å². The minimum Gasteiger partial charge on any atom is -0.368 e. The molecule has 2 aromatic carbocycles. The second-order valence-corrected chi connectivity index (χ2v) is 10.3. The van der Waals surface area contributed by atoms with Gasteiger partial charge < -0.3 is 14.8 Å². The van der Waals surface area contributed by atoms with E-state index in [1.807, 2.05) is 47.4 Å². The molecule has 2 heterocycles. The van der Waals surface area contributed by atoms with Gasteiger partial charge in [0.15, 0.2) is 0 Å². The molecule has 5 nitrogen and oxygen atoms in total. The molecule has 0 radical (unpaired) electrons. The number of hydrogen-bond acceptors (Lipinski definition) is 3. The molecular weight excluding hydrogens is 469 g/mol. The summed E-state index contributed by atoms with van der Waals surface area (Å²) in [6.07, 6.45) is 7.25. The van der Waals surface area contributed by atoms with Crippen molar-refractivity contribution in [1.82, 2.24) is 9.88 Å². The molecule has 178 valence electrons. The predicted octanol–water partition coefficient (Wildman–Crippen LogP) is 6.14. The zero-order chi connectivity index (χ0) is 23.7. The maximum atomic E-state index is 13.9. The quantitative estimate of drug-likeness (QED) is 0.471. The van der Waals surface area contributed by atoms with Gasteiger partial charge in [0.1, 0.15) is 0 Å². The molecule has 7 heteroatoms. The number of para-hydroxylation sites is 1. The number of piperazine rings is 1. The standard InChI is InChI=1S/C27H29Cl2N3O2/c28-23-11-10-19(15-24(23)29)31-12-13-32(20(17-31)14-18-6-2-1-3-7-18)27(34)22-16-26(33)30-25-9-5-4-8-21(22)25/h4-5,8-11,15-16,18,20H,1-3,6-7,12-14,17H2,(H,30,33)/t20-/m0/s1. The Morgan fingerprint density at radius 1 is 0.971 bits per heavy atom. The molecule has 1 saturated carbocycles. The lowest BCUT2D eigenvalue weighted by atomic mass is 9.84. The van der Waals surface area contributed by atoms with Crippen LogP contribution in [0, 0.1) is 5.92 Å². The van der Waals surface area contributed by atoms with Crippen LogP contribution in [0.15, 0.2) is 53.3 Å². The van der Waals surface area contributed by atoms with Crippen molar-refractivity contribution in [3.8, 4) is 0 Å². The monoisotopic (exact) mass is 497 g/mol.